The van der Waals surface area contributed by atoms with Gasteiger partial charge in [-0.3, -0.25) is 0 Å². The molecule has 0 radical (unpaired) electrons. The van der Waals surface area contributed by atoms with Gasteiger partial charge in [0.15, 0.2) is 0 Å². The standard InChI is InChI=1S/C16H15F2N3OS/c1-2-13(10-3-5-11(6-4-10)22-16(17)18)21-14-12-7-8-23-15(12)20-9-19-14/h3-9,13,16H,2H2,1H3,(H,19,20,21)/t13-/m1/s1. The minimum Gasteiger partial charge on any atom is -0.435 e. The van der Waals surface area contributed by atoms with Crippen molar-refractivity contribution in [3.8, 4) is 5.75 Å². The van der Waals surface area contributed by atoms with Crippen molar-refractivity contribution >= 4 is 27.4 Å². The maximum Gasteiger partial charge on any atom is 0.387 e. The van der Waals surface area contributed by atoms with Crippen molar-refractivity contribution in [3.63, 3.8) is 0 Å². The van der Waals surface area contributed by atoms with E-state index in [2.05, 4.69) is 20.0 Å². The minimum absolute atomic E-state index is 0.0219. The third-order valence-electron chi connectivity index (χ3n) is 3.49. The normalized spacial score (nSPS) is 12.5. The van der Waals surface area contributed by atoms with E-state index in [1.54, 1.807) is 35.6 Å². The molecular formula is C16H15F2N3OS. The fourth-order valence-electron chi connectivity index (χ4n) is 2.37. The lowest BCUT2D eigenvalue weighted by Gasteiger charge is -2.19. The maximum atomic E-state index is 12.2. The summed E-state index contributed by atoms with van der Waals surface area (Å²) in [5.41, 5.74) is 0.983. The Morgan fingerprint density at radius 2 is 1.96 bits per heavy atom. The molecule has 4 nitrogen and oxygen atoms in total. The predicted octanol–water partition coefficient (Wildman–Crippen LogP) is 4.86. The van der Waals surface area contributed by atoms with Gasteiger partial charge in [-0.05, 0) is 35.6 Å². The lowest BCUT2D eigenvalue weighted by atomic mass is 10.0. The number of hydrogen-bond acceptors (Lipinski definition) is 5. The topological polar surface area (TPSA) is 47.0 Å². The van der Waals surface area contributed by atoms with Gasteiger partial charge >= 0.3 is 6.61 Å². The molecule has 1 N–H and O–H groups in total. The van der Waals surface area contributed by atoms with Gasteiger partial charge in [0.1, 0.15) is 22.7 Å². The van der Waals surface area contributed by atoms with Gasteiger partial charge in [0, 0.05) is 0 Å². The molecule has 23 heavy (non-hydrogen) atoms. The molecule has 3 aromatic rings. The van der Waals surface area contributed by atoms with E-state index >= 15 is 0 Å². The van der Waals surface area contributed by atoms with Crippen LogP contribution in [0.15, 0.2) is 42.0 Å². The summed E-state index contributed by atoms with van der Waals surface area (Å²) in [7, 11) is 0. The molecule has 3 rings (SSSR count). The SMILES string of the molecule is CC[C@@H](Nc1ncnc2sccc12)c1ccc(OC(F)F)cc1. The molecule has 0 amide bonds. The first-order chi connectivity index (χ1) is 11.2. The molecule has 0 aliphatic rings. The van der Waals surface area contributed by atoms with E-state index in [1.807, 2.05) is 18.4 Å². The Hall–Kier alpha value is -2.28. The number of benzene rings is 1. The molecule has 0 bridgehead atoms. The molecule has 7 heteroatoms. The molecule has 0 aliphatic carbocycles. The first kappa shape index (κ1) is 15.6. The summed E-state index contributed by atoms with van der Waals surface area (Å²) >= 11 is 1.56. The molecule has 0 spiro atoms. The summed E-state index contributed by atoms with van der Waals surface area (Å²) < 4.78 is 28.8. The number of nitrogens with one attached hydrogen (secondary N) is 1. The van der Waals surface area contributed by atoms with Gasteiger partial charge < -0.3 is 10.1 Å². The number of hydrogen-bond donors (Lipinski definition) is 1. The van der Waals surface area contributed by atoms with Gasteiger partial charge in [0.25, 0.3) is 0 Å². The van der Waals surface area contributed by atoms with Gasteiger partial charge in [-0.1, -0.05) is 19.1 Å². The van der Waals surface area contributed by atoms with Crippen LogP contribution in [0.2, 0.25) is 0 Å². The fourth-order valence-corrected chi connectivity index (χ4v) is 3.11. The highest BCUT2D eigenvalue weighted by Gasteiger charge is 2.13. The highest BCUT2D eigenvalue weighted by atomic mass is 32.1. The van der Waals surface area contributed by atoms with Crippen LogP contribution in [0.5, 0.6) is 5.75 Å². The number of thiophene rings is 1. The van der Waals surface area contributed by atoms with Crippen molar-refractivity contribution in [3.05, 3.63) is 47.6 Å². The number of nitrogens with zero attached hydrogens (tertiary/aromatic N) is 2. The Labute approximate surface area is 136 Å². The summed E-state index contributed by atoms with van der Waals surface area (Å²) in [6.07, 6.45) is 2.36. The Bertz CT molecular complexity index is 776. The second-order valence-electron chi connectivity index (χ2n) is 4.91. The number of halogens is 2. The van der Waals surface area contributed by atoms with Gasteiger partial charge in [-0.2, -0.15) is 8.78 Å². The minimum atomic E-state index is -2.81. The first-order valence-corrected chi connectivity index (χ1v) is 8.05. The van der Waals surface area contributed by atoms with Crippen LogP contribution in [0.1, 0.15) is 24.9 Å². The van der Waals surface area contributed by atoms with Crippen molar-refractivity contribution < 1.29 is 13.5 Å². The summed E-state index contributed by atoms with van der Waals surface area (Å²) in [6, 6.07) is 8.66. The second kappa shape index (κ2) is 6.87. The zero-order chi connectivity index (χ0) is 16.2. The van der Waals surface area contributed by atoms with Gasteiger partial charge in [0.2, 0.25) is 0 Å². The number of aromatic nitrogens is 2. The molecule has 2 heterocycles. The van der Waals surface area contributed by atoms with E-state index in [4.69, 9.17) is 0 Å². The van der Waals surface area contributed by atoms with Crippen molar-refractivity contribution in [1.82, 2.24) is 9.97 Å². The predicted molar refractivity (Wildman–Crippen MR) is 87.1 cm³/mol. The molecule has 0 unspecified atom stereocenters. The number of ether oxygens (including phenoxy) is 1. The molecule has 0 aliphatic heterocycles. The quantitative estimate of drug-likeness (QED) is 0.699. The lowest BCUT2D eigenvalue weighted by molar-refractivity contribution is -0.0498. The fraction of sp³-hybridized carbons (Fsp3) is 0.250. The van der Waals surface area contributed by atoms with Gasteiger partial charge in [-0.15, -0.1) is 11.3 Å². The second-order valence-corrected chi connectivity index (χ2v) is 5.81. The molecule has 2 aromatic heterocycles. The van der Waals surface area contributed by atoms with Crippen LogP contribution < -0.4 is 10.1 Å². The Kier molecular flexibility index (Phi) is 4.66. The third-order valence-corrected chi connectivity index (χ3v) is 4.31. The van der Waals surface area contributed by atoms with Gasteiger partial charge in [0.05, 0.1) is 11.4 Å². The number of rotatable bonds is 6. The Morgan fingerprint density at radius 3 is 2.65 bits per heavy atom. The monoisotopic (exact) mass is 335 g/mol. The highest BCUT2D eigenvalue weighted by molar-refractivity contribution is 7.16. The first-order valence-electron chi connectivity index (χ1n) is 7.17. The lowest BCUT2D eigenvalue weighted by Crippen LogP contribution is -2.11. The molecule has 1 aromatic carbocycles. The molecule has 0 saturated carbocycles. The van der Waals surface area contributed by atoms with E-state index < -0.39 is 6.61 Å². The van der Waals surface area contributed by atoms with Crippen molar-refractivity contribution in [1.29, 1.82) is 0 Å². The van der Waals surface area contributed by atoms with Crippen LogP contribution >= 0.6 is 11.3 Å². The Morgan fingerprint density at radius 1 is 1.17 bits per heavy atom. The number of alkyl halides is 2. The van der Waals surface area contributed by atoms with E-state index in [9.17, 15) is 8.78 Å². The highest BCUT2D eigenvalue weighted by Crippen LogP contribution is 2.29. The molecule has 120 valence electrons. The van der Waals surface area contributed by atoms with Crippen molar-refractivity contribution in [2.45, 2.75) is 26.0 Å². The van der Waals surface area contributed by atoms with Crippen LogP contribution in [0.3, 0.4) is 0 Å². The molecular weight excluding hydrogens is 320 g/mol. The summed E-state index contributed by atoms with van der Waals surface area (Å²) in [6.45, 7) is -0.762. The van der Waals surface area contributed by atoms with Crippen molar-refractivity contribution in [2.75, 3.05) is 5.32 Å². The molecule has 0 fully saturated rings. The largest absolute Gasteiger partial charge is 0.435 e. The average Bonchev–Trinajstić information content (AvgIpc) is 3.02. The van der Waals surface area contributed by atoms with Crippen LogP contribution in [0.25, 0.3) is 10.2 Å². The zero-order valence-electron chi connectivity index (χ0n) is 12.4. The maximum absolute atomic E-state index is 12.2. The van der Waals surface area contributed by atoms with Crippen LogP contribution in [-0.4, -0.2) is 16.6 Å². The van der Waals surface area contributed by atoms with Crippen LogP contribution in [0.4, 0.5) is 14.6 Å². The summed E-state index contributed by atoms with van der Waals surface area (Å²) in [5.74, 6) is 0.928. The third kappa shape index (κ3) is 3.56. The van der Waals surface area contributed by atoms with E-state index in [1.165, 1.54) is 6.33 Å². The zero-order valence-corrected chi connectivity index (χ0v) is 13.2. The van der Waals surface area contributed by atoms with E-state index in [0.717, 1.165) is 28.0 Å². The Balaban J connectivity index is 1.81. The summed E-state index contributed by atoms with van der Waals surface area (Å²) in [5, 5.41) is 6.36. The van der Waals surface area contributed by atoms with E-state index in [-0.39, 0.29) is 11.8 Å². The van der Waals surface area contributed by atoms with Gasteiger partial charge in [-0.25, -0.2) is 9.97 Å². The number of anilines is 1. The molecule has 1 atom stereocenters. The van der Waals surface area contributed by atoms with Crippen LogP contribution in [0, 0.1) is 0 Å². The molecule has 0 saturated heterocycles. The van der Waals surface area contributed by atoms with E-state index in [0.29, 0.717) is 0 Å². The van der Waals surface area contributed by atoms with Crippen molar-refractivity contribution in [2.24, 2.45) is 0 Å². The summed E-state index contributed by atoms with van der Waals surface area (Å²) in [4.78, 5) is 9.47. The van der Waals surface area contributed by atoms with Crippen LogP contribution in [-0.2, 0) is 0 Å². The smallest absolute Gasteiger partial charge is 0.387 e. The number of fused-ring (bicyclic) bond motifs is 1. The average molecular weight is 335 g/mol.